The van der Waals surface area contributed by atoms with Crippen molar-refractivity contribution in [1.29, 1.82) is 0 Å². The molecule has 2 nitrogen and oxygen atoms in total. The Kier molecular flexibility index (Phi) is 5.26. The third kappa shape index (κ3) is 4.13. The Bertz CT molecular complexity index is 623. The fourth-order valence-corrected chi connectivity index (χ4v) is 2.26. The Morgan fingerprint density at radius 2 is 1.50 bits per heavy atom. The average molecular weight is 303 g/mol. The first-order valence-electron chi connectivity index (χ1n) is 7.23. The van der Waals surface area contributed by atoms with Crippen molar-refractivity contribution >= 4 is 5.91 Å². The van der Waals surface area contributed by atoms with Crippen molar-refractivity contribution in [2.45, 2.75) is 25.8 Å². The standard InChI is InChI=1S/C18H19F2NO/c1-13(15-6-10-17(20)11-7-15)21(2)18(22)12-5-14-3-8-16(19)9-4-14/h3-4,6-11,13H,5,12H2,1-2H3. The number of amides is 1. The van der Waals surface area contributed by atoms with Crippen LogP contribution < -0.4 is 0 Å². The van der Waals surface area contributed by atoms with E-state index in [1.807, 2.05) is 6.92 Å². The largest absolute Gasteiger partial charge is 0.339 e. The van der Waals surface area contributed by atoms with Crippen LogP contribution in [0.3, 0.4) is 0 Å². The van der Waals surface area contributed by atoms with E-state index in [0.29, 0.717) is 12.8 Å². The normalized spacial score (nSPS) is 12.0. The molecule has 1 atom stereocenters. The van der Waals surface area contributed by atoms with Gasteiger partial charge in [-0.1, -0.05) is 24.3 Å². The summed E-state index contributed by atoms with van der Waals surface area (Å²) in [5, 5.41) is 0. The minimum Gasteiger partial charge on any atom is -0.339 e. The van der Waals surface area contributed by atoms with Crippen molar-refractivity contribution in [1.82, 2.24) is 4.90 Å². The fraction of sp³-hybridized carbons (Fsp3) is 0.278. The Hall–Kier alpha value is -2.23. The summed E-state index contributed by atoms with van der Waals surface area (Å²) >= 11 is 0. The summed E-state index contributed by atoms with van der Waals surface area (Å²) in [7, 11) is 1.74. The molecule has 1 amide bonds. The molecule has 0 spiro atoms. The summed E-state index contributed by atoms with van der Waals surface area (Å²) in [5.74, 6) is -0.570. The van der Waals surface area contributed by atoms with Gasteiger partial charge in [-0.15, -0.1) is 0 Å². The smallest absolute Gasteiger partial charge is 0.223 e. The molecule has 0 aliphatic carbocycles. The van der Waals surface area contributed by atoms with Gasteiger partial charge in [0.2, 0.25) is 5.91 Å². The van der Waals surface area contributed by atoms with Crippen LogP contribution in [0.4, 0.5) is 8.78 Å². The molecule has 116 valence electrons. The molecule has 2 rings (SSSR count). The van der Waals surface area contributed by atoms with E-state index in [-0.39, 0.29) is 23.6 Å². The van der Waals surface area contributed by atoms with E-state index in [9.17, 15) is 13.6 Å². The zero-order chi connectivity index (χ0) is 16.1. The molecule has 1 unspecified atom stereocenters. The third-order valence-corrected chi connectivity index (χ3v) is 3.87. The van der Waals surface area contributed by atoms with Crippen molar-refractivity contribution < 1.29 is 13.6 Å². The van der Waals surface area contributed by atoms with Crippen LogP contribution in [-0.2, 0) is 11.2 Å². The van der Waals surface area contributed by atoms with Crippen LogP contribution in [0, 0.1) is 11.6 Å². The summed E-state index contributed by atoms with van der Waals surface area (Å²) in [6.45, 7) is 1.91. The molecule has 22 heavy (non-hydrogen) atoms. The highest BCUT2D eigenvalue weighted by atomic mass is 19.1. The second-order valence-electron chi connectivity index (χ2n) is 5.36. The van der Waals surface area contributed by atoms with Gasteiger partial charge >= 0.3 is 0 Å². The molecule has 0 fully saturated rings. The number of hydrogen-bond donors (Lipinski definition) is 0. The van der Waals surface area contributed by atoms with Crippen molar-refractivity contribution in [3.8, 4) is 0 Å². The van der Waals surface area contributed by atoms with Gasteiger partial charge in [0.15, 0.2) is 0 Å². The predicted molar refractivity (Wildman–Crippen MR) is 82.3 cm³/mol. The lowest BCUT2D eigenvalue weighted by molar-refractivity contribution is -0.131. The van der Waals surface area contributed by atoms with Gasteiger partial charge in [-0.25, -0.2) is 8.78 Å². The van der Waals surface area contributed by atoms with E-state index >= 15 is 0 Å². The number of hydrogen-bond acceptors (Lipinski definition) is 1. The molecule has 0 aromatic heterocycles. The summed E-state index contributed by atoms with van der Waals surface area (Å²) < 4.78 is 25.8. The quantitative estimate of drug-likeness (QED) is 0.813. The van der Waals surface area contributed by atoms with Crippen molar-refractivity contribution in [2.24, 2.45) is 0 Å². The summed E-state index contributed by atoms with van der Waals surface area (Å²) in [6.07, 6.45) is 0.924. The highest BCUT2D eigenvalue weighted by Crippen LogP contribution is 2.20. The maximum atomic E-state index is 12.9. The van der Waals surface area contributed by atoms with Crippen molar-refractivity contribution in [3.05, 3.63) is 71.3 Å². The van der Waals surface area contributed by atoms with Crippen LogP contribution in [0.15, 0.2) is 48.5 Å². The molecule has 0 N–H and O–H groups in total. The zero-order valence-corrected chi connectivity index (χ0v) is 12.7. The number of aryl methyl sites for hydroxylation is 1. The Morgan fingerprint density at radius 3 is 2.05 bits per heavy atom. The van der Waals surface area contributed by atoms with Gasteiger partial charge in [-0.05, 0) is 48.7 Å². The van der Waals surface area contributed by atoms with Gasteiger partial charge in [-0.3, -0.25) is 4.79 Å². The summed E-state index contributed by atoms with van der Waals surface area (Å²) in [5.41, 5.74) is 1.82. The predicted octanol–water partition coefficient (Wildman–Crippen LogP) is 4.12. The van der Waals surface area contributed by atoms with E-state index < -0.39 is 0 Å². The van der Waals surface area contributed by atoms with E-state index in [1.54, 1.807) is 36.2 Å². The van der Waals surface area contributed by atoms with Gasteiger partial charge in [0.25, 0.3) is 0 Å². The Balaban J connectivity index is 1.93. The number of halogens is 2. The minimum absolute atomic E-state index is 0.00106. The number of nitrogens with zero attached hydrogens (tertiary/aromatic N) is 1. The molecule has 0 aliphatic heterocycles. The molecule has 2 aromatic carbocycles. The lowest BCUT2D eigenvalue weighted by Gasteiger charge is -2.25. The first-order valence-corrected chi connectivity index (χ1v) is 7.23. The van der Waals surface area contributed by atoms with Crippen LogP contribution in [0.5, 0.6) is 0 Å². The first-order chi connectivity index (χ1) is 10.5. The third-order valence-electron chi connectivity index (χ3n) is 3.87. The maximum Gasteiger partial charge on any atom is 0.223 e. The van der Waals surface area contributed by atoms with E-state index in [1.165, 1.54) is 24.3 Å². The Labute approximate surface area is 129 Å². The summed E-state index contributed by atoms with van der Waals surface area (Å²) in [6, 6.07) is 12.2. The van der Waals surface area contributed by atoms with E-state index in [2.05, 4.69) is 0 Å². The molecule has 0 saturated carbocycles. The fourth-order valence-electron chi connectivity index (χ4n) is 2.26. The van der Waals surface area contributed by atoms with Gasteiger partial charge in [0, 0.05) is 13.5 Å². The van der Waals surface area contributed by atoms with Crippen LogP contribution >= 0.6 is 0 Å². The lowest BCUT2D eigenvalue weighted by Crippen LogP contribution is -2.29. The maximum absolute atomic E-state index is 12.9. The highest BCUT2D eigenvalue weighted by molar-refractivity contribution is 5.76. The van der Waals surface area contributed by atoms with Crippen LogP contribution in [0.25, 0.3) is 0 Å². The number of benzene rings is 2. The molecular formula is C18H19F2NO. The molecule has 0 saturated heterocycles. The first kappa shape index (κ1) is 16.1. The Morgan fingerprint density at radius 1 is 1.00 bits per heavy atom. The van der Waals surface area contributed by atoms with Crippen molar-refractivity contribution in [2.75, 3.05) is 7.05 Å². The second-order valence-corrected chi connectivity index (χ2v) is 5.36. The van der Waals surface area contributed by atoms with E-state index in [0.717, 1.165) is 11.1 Å². The molecular weight excluding hydrogens is 284 g/mol. The number of carbonyl (C=O) groups excluding carboxylic acids is 1. The second kappa shape index (κ2) is 7.16. The number of carbonyl (C=O) groups is 1. The van der Waals surface area contributed by atoms with Crippen molar-refractivity contribution in [3.63, 3.8) is 0 Å². The zero-order valence-electron chi connectivity index (χ0n) is 12.7. The lowest BCUT2D eigenvalue weighted by atomic mass is 10.1. The molecule has 0 radical (unpaired) electrons. The van der Waals surface area contributed by atoms with E-state index in [4.69, 9.17) is 0 Å². The van der Waals surface area contributed by atoms with Gasteiger partial charge in [0.1, 0.15) is 11.6 Å². The van der Waals surface area contributed by atoms with Crippen LogP contribution in [0.2, 0.25) is 0 Å². The summed E-state index contributed by atoms with van der Waals surface area (Å²) in [4.78, 5) is 13.9. The van der Waals surface area contributed by atoms with Gasteiger partial charge in [0.05, 0.1) is 6.04 Å². The average Bonchev–Trinajstić information content (AvgIpc) is 2.53. The van der Waals surface area contributed by atoms with Gasteiger partial charge < -0.3 is 4.90 Å². The molecule has 0 bridgehead atoms. The molecule has 2 aromatic rings. The van der Waals surface area contributed by atoms with Gasteiger partial charge in [-0.2, -0.15) is 0 Å². The minimum atomic E-state index is -0.291. The molecule has 0 heterocycles. The number of rotatable bonds is 5. The topological polar surface area (TPSA) is 20.3 Å². The SMILES string of the molecule is CC(c1ccc(F)cc1)N(C)C(=O)CCc1ccc(F)cc1. The molecule has 4 heteroatoms. The van der Waals surface area contributed by atoms with Crippen LogP contribution in [0.1, 0.15) is 30.5 Å². The van der Waals surface area contributed by atoms with Crippen LogP contribution in [-0.4, -0.2) is 17.9 Å². The molecule has 0 aliphatic rings. The highest BCUT2D eigenvalue weighted by Gasteiger charge is 2.17. The monoisotopic (exact) mass is 303 g/mol.